The maximum atomic E-state index is 12.4. The maximum absolute atomic E-state index is 12.4. The Bertz CT molecular complexity index is 502. The number of halogens is 3. The summed E-state index contributed by atoms with van der Waals surface area (Å²) in [5.41, 5.74) is 0. The first-order chi connectivity index (χ1) is 8.43. The summed E-state index contributed by atoms with van der Waals surface area (Å²) < 4.78 is 26.3. The first-order valence-electron chi connectivity index (χ1n) is 5.44. The molecule has 0 aliphatic rings. The van der Waals surface area contributed by atoms with Crippen molar-refractivity contribution in [2.75, 3.05) is 18.4 Å². The van der Waals surface area contributed by atoms with Crippen LogP contribution in [-0.2, 0) is 10.0 Å². The van der Waals surface area contributed by atoms with Gasteiger partial charge in [0.15, 0.2) is 0 Å². The smallest absolute Gasteiger partial charge is 0.207 e. The van der Waals surface area contributed by atoms with Crippen LogP contribution in [0.25, 0.3) is 0 Å². The van der Waals surface area contributed by atoms with Crippen LogP contribution in [0.3, 0.4) is 0 Å². The molecule has 0 amide bonds. The van der Waals surface area contributed by atoms with Gasteiger partial charge in [0.25, 0.3) is 0 Å². The quantitative estimate of drug-likeness (QED) is 0.710. The fourth-order valence-electron chi connectivity index (χ4n) is 1.51. The average molecular weight is 375 g/mol. The van der Waals surface area contributed by atoms with E-state index in [4.69, 9.17) is 23.2 Å². The fourth-order valence-corrected chi connectivity index (χ4v) is 4.44. The van der Waals surface area contributed by atoms with Crippen molar-refractivity contribution in [1.82, 2.24) is 4.31 Å². The second kappa shape index (κ2) is 7.10. The summed E-state index contributed by atoms with van der Waals surface area (Å²) in [4.78, 5) is 0.0612. The normalized spacial score (nSPS) is 12.1. The van der Waals surface area contributed by atoms with Gasteiger partial charge in [0.05, 0.1) is 5.02 Å². The SMILES string of the molecule is CCCN(CCBr)S(=O)(=O)c1cc(Cl)ccc1Cl. The third-order valence-corrected chi connectivity index (χ3v) is 5.29. The molecule has 0 fully saturated rings. The Kier molecular flexibility index (Phi) is 6.41. The summed E-state index contributed by atoms with van der Waals surface area (Å²) >= 11 is 15.0. The Labute approximate surface area is 126 Å². The number of nitrogens with zero attached hydrogens (tertiary/aromatic N) is 1. The Morgan fingerprint density at radius 1 is 1.28 bits per heavy atom. The summed E-state index contributed by atoms with van der Waals surface area (Å²) in [6.07, 6.45) is 0.740. The van der Waals surface area contributed by atoms with Crippen molar-refractivity contribution in [2.45, 2.75) is 18.2 Å². The zero-order valence-corrected chi connectivity index (χ0v) is 13.8. The van der Waals surface area contributed by atoms with Crippen molar-refractivity contribution < 1.29 is 8.42 Å². The second-order valence-electron chi connectivity index (χ2n) is 3.67. The number of sulfonamides is 1. The van der Waals surface area contributed by atoms with Crippen molar-refractivity contribution in [1.29, 1.82) is 0 Å². The molecule has 3 nitrogen and oxygen atoms in total. The lowest BCUT2D eigenvalue weighted by atomic mass is 10.4. The van der Waals surface area contributed by atoms with E-state index in [1.165, 1.54) is 16.4 Å². The molecular weight excluding hydrogens is 361 g/mol. The van der Waals surface area contributed by atoms with Gasteiger partial charge >= 0.3 is 0 Å². The van der Waals surface area contributed by atoms with Crippen molar-refractivity contribution >= 4 is 49.2 Å². The second-order valence-corrected chi connectivity index (χ2v) is 7.21. The predicted octanol–water partition coefficient (Wildman–Crippen LogP) is 3.79. The van der Waals surface area contributed by atoms with E-state index in [9.17, 15) is 8.42 Å². The molecule has 18 heavy (non-hydrogen) atoms. The van der Waals surface area contributed by atoms with Crippen LogP contribution in [0.1, 0.15) is 13.3 Å². The van der Waals surface area contributed by atoms with E-state index in [1.54, 1.807) is 6.07 Å². The van der Waals surface area contributed by atoms with Crippen molar-refractivity contribution in [3.63, 3.8) is 0 Å². The molecule has 0 atom stereocenters. The van der Waals surface area contributed by atoms with Gasteiger partial charge in [0.1, 0.15) is 4.90 Å². The van der Waals surface area contributed by atoms with Gasteiger partial charge < -0.3 is 0 Å². The standard InChI is InChI=1S/C11H14BrCl2NO2S/c1-2-6-15(7-5-12)18(16,17)11-8-9(13)3-4-10(11)14/h3-4,8H,2,5-7H2,1H3. The van der Waals surface area contributed by atoms with Gasteiger partial charge in [-0.15, -0.1) is 0 Å². The highest BCUT2D eigenvalue weighted by atomic mass is 79.9. The third kappa shape index (κ3) is 3.84. The molecule has 7 heteroatoms. The minimum atomic E-state index is -3.59. The van der Waals surface area contributed by atoms with Crippen LogP contribution in [-0.4, -0.2) is 31.1 Å². The first kappa shape index (κ1) is 16.2. The lowest BCUT2D eigenvalue weighted by Gasteiger charge is -2.21. The lowest BCUT2D eigenvalue weighted by Crippen LogP contribution is -2.33. The molecule has 1 aromatic carbocycles. The molecule has 0 aliphatic heterocycles. The molecule has 0 heterocycles. The molecule has 0 N–H and O–H groups in total. The number of hydrogen-bond donors (Lipinski definition) is 0. The summed E-state index contributed by atoms with van der Waals surface area (Å²) in [5.74, 6) is 0. The van der Waals surface area contributed by atoms with E-state index in [-0.39, 0.29) is 9.92 Å². The molecule has 1 aromatic rings. The number of benzene rings is 1. The highest BCUT2D eigenvalue weighted by molar-refractivity contribution is 9.09. The first-order valence-corrected chi connectivity index (χ1v) is 8.76. The van der Waals surface area contributed by atoms with Gasteiger partial charge in [-0.05, 0) is 24.6 Å². The molecule has 0 spiro atoms. The van der Waals surface area contributed by atoms with Gasteiger partial charge in [-0.2, -0.15) is 4.31 Å². The van der Waals surface area contributed by atoms with Crippen LogP contribution in [0.4, 0.5) is 0 Å². The Hall–Kier alpha value is 0.190. The van der Waals surface area contributed by atoms with E-state index >= 15 is 0 Å². The van der Waals surface area contributed by atoms with Crippen LogP contribution in [0.15, 0.2) is 23.1 Å². The molecular formula is C11H14BrCl2NO2S. The largest absolute Gasteiger partial charge is 0.244 e. The molecule has 0 saturated carbocycles. The summed E-state index contributed by atoms with van der Waals surface area (Å²) in [5, 5.41) is 1.12. The fraction of sp³-hybridized carbons (Fsp3) is 0.455. The minimum Gasteiger partial charge on any atom is -0.207 e. The zero-order valence-electron chi connectivity index (χ0n) is 9.87. The molecule has 102 valence electrons. The van der Waals surface area contributed by atoms with Crippen molar-refractivity contribution in [3.8, 4) is 0 Å². The molecule has 0 aromatic heterocycles. The maximum Gasteiger partial charge on any atom is 0.244 e. The topological polar surface area (TPSA) is 37.4 Å². The van der Waals surface area contributed by atoms with Gasteiger partial charge in [-0.1, -0.05) is 46.1 Å². The van der Waals surface area contributed by atoms with Gasteiger partial charge in [-0.3, -0.25) is 0 Å². The van der Waals surface area contributed by atoms with Crippen molar-refractivity contribution in [2.24, 2.45) is 0 Å². The van der Waals surface area contributed by atoms with E-state index < -0.39 is 10.0 Å². The number of rotatable bonds is 6. The van der Waals surface area contributed by atoms with Crippen LogP contribution in [0.5, 0.6) is 0 Å². The summed E-state index contributed by atoms with van der Waals surface area (Å²) in [6.45, 7) is 2.78. The number of alkyl halides is 1. The third-order valence-electron chi connectivity index (χ3n) is 2.32. The van der Waals surface area contributed by atoms with Crippen LogP contribution < -0.4 is 0 Å². The Morgan fingerprint density at radius 2 is 1.94 bits per heavy atom. The van der Waals surface area contributed by atoms with Gasteiger partial charge in [-0.25, -0.2) is 8.42 Å². The molecule has 0 bridgehead atoms. The molecule has 0 aliphatic carbocycles. The molecule has 0 saturated heterocycles. The highest BCUT2D eigenvalue weighted by Gasteiger charge is 2.25. The van der Waals surface area contributed by atoms with E-state index in [1.807, 2.05) is 6.92 Å². The molecule has 0 unspecified atom stereocenters. The van der Waals surface area contributed by atoms with E-state index in [0.29, 0.717) is 23.4 Å². The average Bonchev–Trinajstić information content (AvgIpc) is 2.32. The molecule has 1 rings (SSSR count). The lowest BCUT2D eigenvalue weighted by molar-refractivity contribution is 0.430. The minimum absolute atomic E-state index is 0.0612. The van der Waals surface area contributed by atoms with Crippen molar-refractivity contribution in [3.05, 3.63) is 28.2 Å². The number of hydrogen-bond acceptors (Lipinski definition) is 2. The van der Waals surface area contributed by atoms with Crippen LogP contribution >= 0.6 is 39.1 Å². The monoisotopic (exact) mass is 373 g/mol. The summed E-state index contributed by atoms with van der Waals surface area (Å²) in [6, 6.07) is 4.45. The highest BCUT2D eigenvalue weighted by Crippen LogP contribution is 2.27. The predicted molar refractivity (Wildman–Crippen MR) is 79.3 cm³/mol. The zero-order chi connectivity index (χ0) is 13.8. The Balaban J connectivity index is 3.21. The van der Waals surface area contributed by atoms with Crippen LogP contribution in [0.2, 0.25) is 10.0 Å². The van der Waals surface area contributed by atoms with E-state index in [2.05, 4.69) is 15.9 Å². The Morgan fingerprint density at radius 3 is 2.50 bits per heavy atom. The van der Waals surface area contributed by atoms with E-state index in [0.717, 1.165) is 6.42 Å². The van der Waals surface area contributed by atoms with Crippen LogP contribution in [0, 0.1) is 0 Å². The summed E-state index contributed by atoms with van der Waals surface area (Å²) in [7, 11) is -3.59. The van der Waals surface area contributed by atoms with Gasteiger partial charge in [0, 0.05) is 23.4 Å². The van der Waals surface area contributed by atoms with Gasteiger partial charge in [0.2, 0.25) is 10.0 Å². The molecule has 0 radical (unpaired) electrons.